The average molecular weight is 556 g/mol. The number of fused-ring (bicyclic) bond motifs is 1. The van der Waals surface area contributed by atoms with Crippen LogP contribution in [0, 0.1) is 10.1 Å². The van der Waals surface area contributed by atoms with Crippen molar-refractivity contribution in [3.8, 4) is 11.1 Å². The number of morpholine rings is 1. The first-order valence-electron chi connectivity index (χ1n) is 11.4. The summed E-state index contributed by atoms with van der Waals surface area (Å²) >= 11 is 1.26. The summed E-state index contributed by atoms with van der Waals surface area (Å²) in [4.78, 5) is 41.2. The van der Waals surface area contributed by atoms with Gasteiger partial charge >= 0.3 is 0 Å². The monoisotopic (exact) mass is 555 g/mol. The number of nitro benzene ring substituents is 1. The number of thiophene rings is 1. The van der Waals surface area contributed by atoms with Crippen LogP contribution in [0.4, 0.5) is 11.4 Å². The summed E-state index contributed by atoms with van der Waals surface area (Å²) in [5, 5.41) is 15.7. The minimum atomic E-state index is -3.66. The lowest BCUT2D eigenvalue weighted by Gasteiger charge is -2.26. The zero-order chi connectivity index (χ0) is 26.9. The molecule has 1 fully saturated rings. The first kappa shape index (κ1) is 25.7. The Kier molecular flexibility index (Phi) is 7.03. The van der Waals surface area contributed by atoms with Crippen molar-refractivity contribution in [3.05, 3.63) is 80.7 Å². The first-order chi connectivity index (χ1) is 18.2. The zero-order valence-electron chi connectivity index (χ0n) is 19.8. The van der Waals surface area contributed by atoms with E-state index < -0.39 is 26.4 Å². The minimum Gasteiger partial charge on any atom is -0.379 e. The molecule has 12 nitrogen and oxygen atoms in total. The SMILES string of the molecule is O=C(Cn1cnc2scc(-c3ccc([N+](=O)[O-])cc3)c2c1=O)Nc1ccc(S(=O)(=O)N2CCOCC2)cc1. The molecular weight excluding hydrogens is 534 g/mol. The van der Waals surface area contributed by atoms with Gasteiger partial charge in [-0.05, 0) is 42.0 Å². The summed E-state index contributed by atoms with van der Waals surface area (Å²) < 4.78 is 33.3. The van der Waals surface area contributed by atoms with E-state index in [0.717, 1.165) is 0 Å². The summed E-state index contributed by atoms with van der Waals surface area (Å²) in [5.41, 5.74) is 1.08. The van der Waals surface area contributed by atoms with Gasteiger partial charge in [0.2, 0.25) is 15.9 Å². The molecule has 14 heteroatoms. The maximum Gasteiger partial charge on any atom is 0.269 e. The molecule has 38 heavy (non-hydrogen) atoms. The smallest absolute Gasteiger partial charge is 0.269 e. The molecule has 0 saturated carbocycles. The molecule has 2 aromatic carbocycles. The number of anilines is 1. The minimum absolute atomic E-state index is 0.0628. The second kappa shape index (κ2) is 10.4. The fraction of sp³-hybridized carbons (Fsp3) is 0.208. The van der Waals surface area contributed by atoms with E-state index in [2.05, 4.69) is 10.3 Å². The number of hydrogen-bond donors (Lipinski definition) is 1. The quantitative estimate of drug-likeness (QED) is 0.270. The summed E-state index contributed by atoms with van der Waals surface area (Å²) in [6, 6.07) is 11.7. The van der Waals surface area contributed by atoms with Crippen LogP contribution in [-0.2, 0) is 26.1 Å². The third-order valence-corrected chi connectivity index (χ3v) is 8.81. The number of carbonyl (C=O) groups excluding carboxylic acids is 1. The predicted molar refractivity (Wildman–Crippen MR) is 141 cm³/mol. The summed E-state index contributed by atoms with van der Waals surface area (Å²) in [5.74, 6) is -0.496. The Balaban J connectivity index is 1.32. The number of nitrogens with one attached hydrogen (secondary N) is 1. The first-order valence-corrected chi connectivity index (χ1v) is 13.8. The molecule has 0 aliphatic carbocycles. The molecule has 0 unspecified atom stereocenters. The molecule has 0 spiro atoms. The molecule has 3 heterocycles. The Hall–Kier alpha value is -3.98. The molecule has 1 amide bonds. The Labute approximate surface area is 220 Å². The Morgan fingerprint density at radius 2 is 1.79 bits per heavy atom. The van der Waals surface area contributed by atoms with E-state index in [1.165, 1.54) is 62.9 Å². The van der Waals surface area contributed by atoms with Gasteiger partial charge in [-0.3, -0.25) is 24.3 Å². The van der Waals surface area contributed by atoms with Crippen molar-refractivity contribution >= 4 is 48.9 Å². The number of nitro groups is 1. The average Bonchev–Trinajstić information content (AvgIpc) is 3.36. The third-order valence-electron chi connectivity index (χ3n) is 6.01. The zero-order valence-corrected chi connectivity index (χ0v) is 21.4. The van der Waals surface area contributed by atoms with Gasteiger partial charge in [0, 0.05) is 41.9 Å². The van der Waals surface area contributed by atoms with Gasteiger partial charge < -0.3 is 10.1 Å². The lowest BCUT2D eigenvalue weighted by molar-refractivity contribution is -0.384. The molecular formula is C24H21N5O7S2. The van der Waals surface area contributed by atoms with E-state index in [1.807, 2.05) is 0 Å². The van der Waals surface area contributed by atoms with Crippen molar-refractivity contribution in [2.45, 2.75) is 11.4 Å². The van der Waals surface area contributed by atoms with Gasteiger partial charge in [-0.25, -0.2) is 13.4 Å². The molecule has 1 N–H and O–H groups in total. The largest absolute Gasteiger partial charge is 0.379 e. The molecule has 4 aromatic rings. The Morgan fingerprint density at radius 1 is 1.11 bits per heavy atom. The number of rotatable bonds is 7. The molecule has 2 aromatic heterocycles. The van der Waals surface area contributed by atoms with Crippen molar-refractivity contribution in [2.75, 3.05) is 31.6 Å². The van der Waals surface area contributed by atoms with Gasteiger partial charge in [0.05, 0.1) is 34.7 Å². The van der Waals surface area contributed by atoms with E-state index >= 15 is 0 Å². The Bertz CT molecular complexity index is 1670. The van der Waals surface area contributed by atoms with Crippen LogP contribution in [0.5, 0.6) is 0 Å². The van der Waals surface area contributed by atoms with Crippen LogP contribution in [-0.4, -0.2) is 59.4 Å². The van der Waals surface area contributed by atoms with Gasteiger partial charge in [-0.15, -0.1) is 11.3 Å². The molecule has 5 rings (SSSR count). The summed E-state index contributed by atoms with van der Waals surface area (Å²) in [6.07, 6.45) is 1.29. The lowest BCUT2D eigenvalue weighted by atomic mass is 10.1. The van der Waals surface area contributed by atoms with E-state index in [9.17, 15) is 28.1 Å². The number of benzene rings is 2. The number of aromatic nitrogens is 2. The van der Waals surface area contributed by atoms with E-state index in [-0.39, 0.29) is 30.2 Å². The van der Waals surface area contributed by atoms with Crippen molar-refractivity contribution in [1.29, 1.82) is 0 Å². The number of amides is 1. The highest BCUT2D eigenvalue weighted by Crippen LogP contribution is 2.31. The second-order valence-corrected chi connectivity index (χ2v) is 11.2. The Morgan fingerprint density at radius 3 is 2.45 bits per heavy atom. The molecule has 1 saturated heterocycles. The number of sulfonamides is 1. The van der Waals surface area contributed by atoms with Crippen LogP contribution in [0.1, 0.15) is 0 Å². The van der Waals surface area contributed by atoms with Gasteiger partial charge in [-0.2, -0.15) is 4.31 Å². The van der Waals surface area contributed by atoms with Crippen molar-refractivity contribution in [3.63, 3.8) is 0 Å². The third kappa shape index (κ3) is 5.06. The predicted octanol–water partition coefficient (Wildman–Crippen LogP) is 2.69. The number of ether oxygens (including phenoxy) is 1. The van der Waals surface area contributed by atoms with E-state index in [4.69, 9.17) is 4.74 Å². The van der Waals surface area contributed by atoms with Gasteiger partial charge in [0.1, 0.15) is 11.4 Å². The van der Waals surface area contributed by atoms with Gasteiger partial charge in [-0.1, -0.05) is 0 Å². The van der Waals surface area contributed by atoms with Gasteiger partial charge in [0.25, 0.3) is 11.2 Å². The lowest BCUT2D eigenvalue weighted by Crippen LogP contribution is -2.40. The number of non-ortho nitro benzene ring substituents is 1. The molecule has 196 valence electrons. The molecule has 1 aliphatic rings. The van der Waals surface area contributed by atoms with Crippen LogP contribution in [0.25, 0.3) is 21.3 Å². The number of nitrogens with zero attached hydrogens (tertiary/aromatic N) is 4. The highest BCUT2D eigenvalue weighted by molar-refractivity contribution is 7.89. The van der Waals surface area contributed by atoms with Crippen LogP contribution >= 0.6 is 11.3 Å². The fourth-order valence-corrected chi connectivity index (χ4v) is 6.37. The molecule has 0 atom stereocenters. The maximum atomic E-state index is 13.2. The van der Waals surface area contributed by atoms with Crippen molar-refractivity contribution in [2.24, 2.45) is 0 Å². The highest BCUT2D eigenvalue weighted by atomic mass is 32.2. The van der Waals surface area contributed by atoms with E-state index in [0.29, 0.717) is 40.2 Å². The topological polar surface area (TPSA) is 154 Å². The normalized spacial score (nSPS) is 14.4. The van der Waals surface area contributed by atoms with E-state index in [1.54, 1.807) is 17.5 Å². The van der Waals surface area contributed by atoms with Gasteiger partial charge in [0.15, 0.2) is 0 Å². The van der Waals surface area contributed by atoms with Crippen LogP contribution in [0.2, 0.25) is 0 Å². The van der Waals surface area contributed by atoms with Crippen LogP contribution < -0.4 is 10.9 Å². The van der Waals surface area contributed by atoms with Crippen molar-refractivity contribution < 1.29 is 22.9 Å². The molecule has 0 radical (unpaired) electrons. The standard InChI is InChI=1S/C24H21N5O7S2/c30-21(26-17-3-7-19(8-4-17)38(34,35)28-9-11-36-12-10-28)13-27-15-25-23-22(24(27)31)20(14-37-23)16-1-5-18(6-2-16)29(32)33/h1-8,14-15H,9-13H2,(H,26,30). The van der Waals surface area contributed by atoms with Crippen LogP contribution in [0.3, 0.4) is 0 Å². The molecule has 0 bridgehead atoms. The molecule has 1 aliphatic heterocycles. The van der Waals surface area contributed by atoms with Crippen LogP contribution in [0.15, 0.2) is 69.9 Å². The summed E-state index contributed by atoms with van der Waals surface area (Å²) in [6.45, 7) is 0.932. The maximum absolute atomic E-state index is 13.2. The highest BCUT2D eigenvalue weighted by Gasteiger charge is 2.26. The number of carbonyl (C=O) groups is 1. The second-order valence-electron chi connectivity index (χ2n) is 8.40. The fourth-order valence-electron chi connectivity index (χ4n) is 4.06. The van der Waals surface area contributed by atoms with Crippen molar-refractivity contribution in [1.82, 2.24) is 13.9 Å². The number of hydrogen-bond acceptors (Lipinski definition) is 9. The summed E-state index contributed by atoms with van der Waals surface area (Å²) in [7, 11) is -3.66.